The van der Waals surface area contributed by atoms with Crippen LogP contribution in [0.5, 0.6) is 5.75 Å². The third-order valence-electron chi connectivity index (χ3n) is 5.68. The highest BCUT2D eigenvalue weighted by Crippen LogP contribution is 2.32. The van der Waals surface area contributed by atoms with Crippen molar-refractivity contribution in [3.05, 3.63) is 72.7 Å². The molecule has 0 radical (unpaired) electrons. The van der Waals surface area contributed by atoms with Crippen LogP contribution in [0, 0.1) is 10.1 Å². The Bertz CT molecular complexity index is 1350. The molecule has 0 aliphatic heterocycles. The third-order valence-corrected chi connectivity index (χ3v) is 6.17. The molecule has 1 heterocycles. The number of aromatic nitrogens is 2. The SMILES string of the molecule is NC(=O)COc1ccc(C=Nn2c(C3CCCCC3)nc3ccc(Br)cc3c2=O)cc1[N+](=O)[O-]. The molecule has 1 fully saturated rings. The summed E-state index contributed by atoms with van der Waals surface area (Å²) in [6.07, 6.45) is 6.48. The number of rotatable bonds is 7. The van der Waals surface area contributed by atoms with Crippen LogP contribution in [0.2, 0.25) is 0 Å². The number of amides is 1. The van der Waals surface area contributed by atoms with Crippen LogP contribution in [0.25, 0.3) is 10.9 Å². The molecule has 1 amide bonds. The van der Waals surface area contributed by atoms with E-state index in [1.54, 1.807) is 18.2 Å². The molecule has 10 nitrogen and oxygen atoms in total. The summed E-state index contributed by atoms with van der Waals surface area (Å²) < 4.78 is 7.18. The van der Waals surface area contributed by atoms with Gasteiger partial charge in [-0.3, -0.25) is 19.7 Å². The Hall–Kier alpha value is -3.60. The fourth-order valence-corrected chi connectivity index (χ4v) is 4.42. The summed E-state index contributed by atoms with van der Waals surface area (Å²) in [7, 11) is 0. The van der Waals surface area contributed by atoms with Gasteiger partial charge in [-0.2, -0.15) is 9.78 Å². The lowest BCUT2D eigenvalue weighted by Gasteiger charge is -2.22. The van der Waals surface area contributed by atoms with Crippen molar-refractivity contribution in [2.24, 2.45) is 10.8 Å². The largest absolute Gasteiger partial charge is 0.477 e. The Morgan fingerprint density at radius 1 is 1.26 bits per heavy atom. The van der Waals surface area contributed by atoms with E-state index in [2.05, 4.69) is 21.0 Å². The standard InChI is InChI=1S/C23H22BrN5O5/c24-16-7-8-18-17(11-16)23(31)28(22(27-18)15-4-2-1-3-5-15)26-12-14-6-9-20(34-13-21(25)30)19(10-14)29(32)33/h6-12,15H,1-5,13H2,(H2,25,30). The Morgan fingerprint density at radius 3 is 2.74 bits per heavy atom. The van der Waals surface area contributed by atoms with Crippen molar-refractivity contribution in [2.75, 3.05) is 6.61 Å². The Balaban J connectivity index is 1.77. The molecule has 176 valence electrons. The van der Waals surface area contributed by atoms with Crippen molar-refractivity contribution >= 4 is 44.6 Å². The van der Waals surface area contributed by atoms with Gasteiger partial charge in [-0.15, -0.1) is 0 Å². The first-order chi connectivity index (χ1) is 16.3. The number of nitro benzene ring substituents is 1. The van der Waals surface area contributed by atoms with E-state index in [0.29, 0.717) is 22.3 Å². The summed E-state index contributed by atoms with van der Waals surface area (Å²) in [4.78, 5) is 39.9. The predicted octanol–water partition coefficient (Wildman–Crippen LogP) is 3.86. The first-order valence-electron chi connectivity index (χ1n) is 10.8. The van der Waals surface area contributed by atoms with Crippen LogP contribution in [0.4, 0.5) is 5.69 Å². The number of fused-ring (bicyclic) bond motifs is 1. The second kappa shape index (κ2) is 10.1. The highest BCUT2D eigenvalue weighted by molar-refractivity contribution is 9.10. The maximum Gasteiger partial charge on any atom is 0.311 e. The molecule has 0 saturated heterocycles. The topological polar surface area (TPSA) is 143 Å². The highest BCUT2D eigenvalue weighted by atomic mass is 79.9. The number of nitrogens with two attached hydrogens (primary N) is 1. The lowest BCUT2D eigenvalue weighted by molar-refractivity contribution is -0.385. The fourth-order valence-electron chi connectivity index (χ4n) is 4.06. The smallest absolute Gasteiger partial charge is 0.311 e. The van der Waals surface area contributed by atoms with Gasteiger partial charge in [-0.25, -0.2) is 4.98 Å². The summed E-state index contributed by atoms with van der Waals surface area (Å²) in [5, 5.41) is 16.3. The molecule has 2 N–H and O–H groups in total. The van der Waals surface area contributed by atoms with Gasteiger partial charge in [0.1, 0.15) is 5.82 Å². The van der Waals surface area contributed by atoms with Crippen LogP contribution in [0.3, 0.4) is 0 Å². The van der Waals surface area contributed by atoms with Gasteiger partial charge >= 0.3 is 5.69 Å². The molecule has 2 aromatic carbocycles. The van der Waals surface area contributed by atoms with Crippen LogP contribution >= 0.6 is 15.9 Å². The highest BCUT2D eigenvalue weighted by Gasteiger charge is 2.23. The quantitative estimate of drug-likeness (QED) is 0.280. The van der Waals surface area contributed by atoms with Gasteiger partial charge in [-0.1, -0.05) is 35.2 Å². The maximum atomic E-state index is 13.4. The van der Waals surface area contributed by atoms with Gasteiger partial charge in [0.2, 0.25) is 0 Å². The fraction of sp³-hybridized carbons (Fsp3) is 0.304. The molecule has 0 spiro atoms. The average molecular weight is 528 g/mol. The predicted molar refractivity (Wildman–Crippen MR) is 130 cm³/mol. The zero-order valence-electron chi connectivity index (χ0n) is 18.1. The molecule has 0 unspecified atom stereocenters. The molecule has 1 aliphatic carbocycles. The van der Waals surface area contributed by atoms with Crippen molar-refractivity contribution in [1.82, 2.24) is 9.66 Å². The summed E-state index contributed by atoms with van der Waals surface area (Å²) >= 11 is 3.39. The monoisotopic (exact) mass is 527 g/mol. The number of nitro groups is 1. The van der Waals surface area contributed by atoms with Crippen molar-refractivity contribution < 1.29 is 14.5 Å². The normalized spacial score (nSPS) is 14.5. The van der Waals surface area contributed by atoms with Gasteiger partial charge in [0.25, 0.3) is 11.5 Å². The summed E-state index contributed by atoms with van der Waals surface area (Å²) in [5.74, 6) is -0.138. The van der Waals surface area contributed by atoms with Gasteiger partial charge in [-0.05, 0) is 43.2 Å². The number of primary amides is 1. The molecule has 0 bridgehead atoms. The van der Waals surface area contributed by atoms with Gasteiger partial charge in [0.05, 0.1) is 22.0 Å². The van der Waals surface area contributed by atoms with Gasteiger partial charge < -0.3 is 10.5 Å². The second-order valence-electron chi connectivity index (χ2n) is 8.07. The van der Waals surface area contributed by atoms with E-state index in [4.69, 9.17) is 15.5 Å². The number of benzene rings is 2. The van der Waals surface area contributed by atoms with Gasteiger partial charge in [0, 0.05) is 22.0 Å². The van der Waals surface area contributed by atoms with Crippen LogP contribution in [-0.2, 0) is 4.79 Å². The van der Waals surface area contributed by atoms with Crippen LogP contribution < -0.4 is 16.0 Å². The molecule has 3 aromatic rings. The second-order valence-corrected chi connectivity index (χ2v) is 8.98. The molecule has 1 aliphatic rings. The Labute approximate surface area is 202 Å². The average Bonchev–Trinajstić information content (AvgIpc) is 2.83. The van der Waals surface area contributed by atoms with Crippen molar-refractivity contribution in [3.8, 4) is 5.75 Å². The van der Waals surface area contributed by atoms with E-state index in [1.165, 1.54) is 23.0 Å². The number of carbonyl (C=O) groups excluding carboxylic acids is 1. The molecule has 4 rings (SSSR count). The number of ether oxygens (including phenoxy) is 1. The Morgan fingerprint density at radius 2 is 2.03 bits per heavy atom. The zero-order chi connectivity index (χ0) is 24.2. The maximum absolute atomic E-state index is 13.4. The van der Waals surface area contributed by atoms with Crippen molar-refractivity contribution in [1.29, 1.82) is 0 Å². The first kappa shape index (κ1) is 23.6. The summed E-state index contributed by atoms with van der Waals surface area (Å²) in [6.45, 7) is -0.479. The van der Waals surface area contributed by atoms with E-state index in [0.717, 1.165) is 36.6 Å². The minimum absolute atomic E-state index is 0.0850. The zero-order valence-corrected chi connectivity index (χ0v) is 19.7. The molecule has 1 aromatic heterocycles. The third kappa shape index (κ3) is 5.14. The minimum atomic E-state index is -0.745. The van der Waals surface area contributed by atoms with Crippen LogP contribution in [0.1, 0.15) is 49.4 Å². The van der Waals surface area contributed by atoms with Crippen molar-refractivity contribution in [2.45, 2.75) is 38.0 Å². The molecule has 11 heteroatoms. The lowest BCUT2D eigenvalue weighted by Crippen LogP contribution is -2.25. The van der Waals surface area contributed by atoms with E-state index < -0.39 is 17.4 Å². The van der Waals surface area contributed by atoms with E-state index in [1.807, 2.05) is 6.07 Å². The molecular formula is C23H22BrN5O5. The number of hydrogen-bond acceptors (Lipinski definition) is 7. The molecule has 34 heavy (non-hydrogen) atoms. The summed E-state index contributed by atoms with van der Waals surface area (Å²) in [5.41, 5.74) is 5.39. The van der Waals surface area contributed by atoms with Crippen LogP contribution in [0.15, 0.2) is 50.8 Å². The molecule has 0 atom stereocenters. The first-order valence-corrected chi connectivity index (χ1v) is 11.6. The number of hydrogen-bond donors (Lipinski definition) is 1. The summed E-state index contributed by atoms with van der Waals surface area (Å²) in [6, 6.07) is 9.52. The Kier molecular flexibility index (Phi) is 7.01. The number of carbonyl (C=O) groups is 1. The van der Waals surface area contributed by atoms with Crippen molar-refractivity contribution in [3.63, 3.8) is 0 Å². The number of halogens is 1. The van der Waals surface area contributed by atoms with Gasteiger partial charge in [0.15, 0.2) is 12.4 Å². The molecular weight excluding hydrogens is 506 g/mol. The van der Waals surface area contributed by atoms with Crippen LogP contribution in [-0.4, -0.2) is 33.3 Å². The lowest BCUT2D eigenvalue weighted by atomic mass is 9.88. The van der Waals surface area contributed by atoms with E-state index in [9.17, 15) is 19.7 Å². The number of nitrogens with zero attached hydrogens (tertiary/aromatic N) is 4. The minimum Gasteiger partial charge on any atom is -0.477 e. The molecule has 1 saturated carbocycles. The van der Waals surface area contributed by atoms with E-state index >= 15 is 0 Å². The van der Waals surface area contributed by atoms with E-state index in [-0.39, 0.29) is 22.9 Å².